The van der Waals surface area contributed by atoms with Crippen molar-refractivity contribution in [2.45, 2.75) is 13.8 Å². The van der Waals surface area contributed by atoms with Crippen LogP contribution in [0.15, 0.2) is 54.6 Å². The Bertz CT molecular complexity index is 737. The topological polar surface area (TPSA) is 67.4 Å². The van der Waals surface area contributed by atoms with Gasteiger partial charge in [0.15, 0.2) is 0 Å². The van der Waals surface area contributed by atoms with Crippen LogP contribution in [0.5, 0.6) is 5.75 Å². The lowest BCUT2D eigenvalue weighted by molar-refractivity contribution is -0.114. The van der Waals surface area contributed by atoms with Crippen LogP contribution in [0.1, 0.15) is 19.4 Å². The number of hydrogen-bond acceptors (Lipinski definition) is 3. The zero-order chi connectivity index (χ0) is 17.4. The number of rotatable bonds is 6. The van der Waals surface area contributed by atoms with E-state index in [1.807, 2.05) is 37.3 Å². The van der Waals surface area contributed by atoms with Crippen molar-refractivity contribution in [3.8, 4) is 5.75 Å². The fourth-order valence-corrected chi connectivity index (χ4v) is 2.08. The molecule has 0 aromatic heterocycles. The number of ether oxygens (including phenoxy) is 1. The lowest BCUT2D eigenvalue weighted by atomic mass is 10.2. The molecule has 0 atom stereocenters. The van der Waals surface area contributed by atoms with Gasteiger partial charge >= 0.3 is 0 Å². The molecule has 0 unspecified atom stereocenters. The van der Waals surface area contributed by atoms with Crippen LogP contribution in [-0.2, 0) is 9.59 Å². The van der Waals surface area contributed by atoms with Gasteiger partial charge < -0.3 is 15.4 Å². The van der Waals surface area contributed by atoms with Gasteiger partial charge in [-0.25, -0.2) is 0 Å². The third kappa shape index (κ3) is 5.28. The smallest absolute Gasteiger partial charge is 0.248 e. The van der Waals surface area contributed by atoms with E-state index in [1.54, 1.807) is 24.3 Å². The summed E-state index contributed by atoms with van der Waals surface area (Å²) in [5.41, 5.74) is 2.21. The summed E-state index contributed by atoms with van der Waals surface area (Å²) in [4.78, 5) is 23.0. The Morgan fingerprint density at radius 2 is 1.75 bits per heavy atom. The van der Waals surface area contributed by atoms with Gasteiger partial charge in [0.05, 0.1) is 12.3 Å². The summed E-state index contributed by atoms with van der Waals surface area (Å²) in [6.45, 7) is 3.88. The first-order valence-electron chi connectivity index (χ1n) is 7.67. The van der Waals surface area contributed by atoms with Crippen molar-refractivity contribution in [1.82, 2.24) is 0 Å². The number of carbonyl (C=O) groups is 2. The Morgan fingerprint density at radius 1 is 1.04 bits per heavy atom. The van der Waals surface area contributed by atoms with E-state index in [4.69, 9.17) is 4.74 Å². The molecule has 0 fully saturated rings. The van der Waals surface area contributed by atoms with E-state index in [0.717, 1.165) is 11.3 Å². The van der Waals surface area contributed by atoms with Gasteiger partial charge in [-0.3, -0.25) is 9.59 Å². The van der Waals surface area contributed by atoms with E-state index in [9.17, 15) is 9.59 Å². The van der Waals surface area contributed by atoms with Gasteiger partial charge in [0, 0.05) is 18.7 Å². The average molecular weight is 324 g/mol. The number of nitrogens with one attached hydrogen (secondary N) is 2. The summed E-state index contributed by atoms with van der Waals surface area (Å²) in [6.07, 6.45) is 3.16. The highest BCUT2D eigenvalue weighted by Gasteiger charge is 2.04. The molecule has 0 heterocycles. The molecule has 0 aliphatic carbocycles. The number of amides is 2. The largest absolute Gasteiger partial charge is 0.492 e. The first-order valence-corrected chi connectivity index (χ1v) is 7.67. The van der Waals surface area contributed by atoms with Gasteiger partial charge in [0.2, 0.25) is 11.8 Å². The van der Waals surface area contributed by atoms with Crippen molar-refractivity contribution in [3.05, 3.63) is 60.2 Å². The van der Waals surface area contributed by atoms with Crippen LogP contribution in [0.25, 0.3) is 6.08 Å². The number of hydrogen-bond donors (Lipinski definition) is 2. The third-order valence-electron chi connectivity index (χ3n) is 3.10. The Morgan fingerprint density at radius 3 is 2.42 bits per heavy atom. The van der Waals surface area contributed by atoms with Crippen molar-refractivity contribution in [1.29, 1.82) is 0 Å². The number of carbonyl (C=O) groups excluding carboxylic acids is 2. The molecular weight excluding hydrogens is 304 g/mol. The maximum absolute atomic E-state index is 12.0. The second-order valence-electron chi connectivity index (χ2n) is 5.05. The van der Waals surface area contributed by atoms with Gasteiger partial charge in [-0.1, -0.05) is 24.3 Å². The van der Waals surface area contributed by atoms with Crippen LogP contribution < -0.4 is 15.4 Å². The molecule has 124 valence electrons. The van der Waals surface area contributed by atoms with Crippen molar-refractivity contribution in [2.75, 3.05) is 17.2 Å². The van der Waals surface area contributed by atoms with Gasteiger partial charge in [0.1, 0.15) is 5.75 Å². The molecule has 2 rings (SSSR count). The Hall–Kier alpha value is -3.08. The molecule has 0 spiro atoms. The lowest BCUT2D eigenvalue weighted by Gasteiger charge is -2.09. The summed E-state index contributed by atoms with van der Waals surface area (Å²) in [5, 5.41) is 5.49. The fourth-order valence-electron chi connectivity index (χ4n) is 2.08. The monoisotopic (exact) mass is 324 g/mol. The zero-order valence-electron chi connectivity index (χ0n) is 13.7. The predicted molar refractivity (Wildman–Crippen MR) is 96.0 cm³/mol. The van der Waals surface area contributed by atoms with Gasteiger partial charge in [-0.05, 0) is 42.8 Å². The SMILES string of the molecule is CCOc1ccccc1NC(=O)/C=C/c1ccc(NC(C)=O)cc1. The minimum atomic E-state index is -0.243. The predicted octanol–water partition coefficient (Wildman–Crippen LogP) is 3.70. The second-order valence-corrected chi connectivity index (χ2v) is 5.05. The summed E-state index contributed by atoms with van der Waals surface area (Å²) in [7, 11) is 0. The molecule has 2 aromatic carbocycles. The molecule has 0 radical (unpaired) electrons. The maximum Gasteiger partial charge on any atom is 0.248 e. The van der Waals surface area contributed by atoms with E-state index >= 15 is 0 Å². The molecule has 2 N–H and O–H groups in total. The molecule has 5 nitrogen and oxygen atoms in total. The van der Waals surface area contributed by atoms with Gasteiger partial charge in [-0.2, -0.15) is 0 Å². The third-order valence-corrected chi connectivity index (χ3v) is 3.10. The van der Waals surface area contributed by atoms with Crippen LogP contribution in [0.4, 0.5) is 11.4 Å². The minimum absolute atomic E-state index is 0.120. The zero-order valence-corrected chi connectivity index (χ0v) is 13.7. The van der Waals surface area contributed by atoms with E-state index < -0.39 is 0 Å². The standard InChI is InChI=1S/C19H20N2O3/c1-3-24-18-7-5-4-6-17(18)21-19(23)13-10-15-8-11-16(12-9-15)20-14(2)22/h4-13H,3H2,1-2H3,(H,20,22)(H,21,23)/b13-10+. The summed E-state index contributed by atoms with van der Waals surface area (Å²) in [6, 6.07) is 14.5. The molecule has 0 bridgehead atoms. The highest BCUT2D eigenvalue weighted by Crippen LogP contribution is 2.23. The Labute approximate surface area is 141 Å². The van der Waals surface area contributed by atoms with E-state index in [1.165, 1.54) is 13.0 Å². The van der Waals surface area contributed by atoms with Crippen LogP contribution in [0.3, 0.4) is 0 Å². The average Bonchev–Trinajstić information content (AvgIpc) is 2.56. The van der Waals surface area contributed by atoms with E-state index in [-0.39, 0.29) is 11.8 Å². The number of anilines is 2. The normalized spacial score (nSPS) is 10.4. The Kier molecular flexibility index (Phi) is 6.14. The molecule has 2 aromatic rings. The Balaban J connectivity index is 1.99. The minimum Gasteiger partial charge on any atom is -0.492 e. The summed E-state index contributed by atoms with van der Waals surface area (Å²) >= 11 is 0. The van der Waals surface area contributed by atoms with E-state index in [2.05, 4.69) is 10.6 Å². The summed E-state index contributed by atoms with van der Waals surface area (Å²) in [5.74, 6) is 0.278. The van der Waals surface area contributed by atoms with Crippen LogP contribution in [0.2, 0.25) is 0 Å². The van der Waals surface area contributed by atoms with E-state index in [0.29, 0.717) is 18.0 Å². The summed E-state index contributed by atoms with van der Waals surface area (Å²) < 4.78 is 5.47. The second kappa shape index (κ2) is 8.53. The van der Waals surface area contributed by atoms with Gasteiger partial charge in [-0.15, -0.1) is 0 Å². The highest BCUT2D eigenvalue weighted by atomic mass is 16.5. The first kappa shape index (κ1) is 17.3. The quantitative estimate of drug-likeness (QED) is 0.796. The molecule has 0 saturated carbocycles. The molecule has 0 saturated heterocycles. The fraction of sp³-hybridized carbons (Fsp3) is 0.158. The first-order chi connectivity index (χ1) is 11.6. The molecule has 0 aliphatic rings. The number of para-hydroxylation sites is 2. The highest BCUT2D eigenvalue weighted by molar-refractivity contribution is 6.02. The van der Waals surface area contributed by atoms with Crippen molar-refractivity contribution in [2.24, 2.45) is 0 Å². The molecule has 24 heavy (non-hydrogen) atoms. The maximum atomic E-state index is 12.0. The van der Waals surface area contributed by atoms with Gasteiger partial charge in [0.25, 0.3) is 0 Å². The molecule has 5 heteroatoms. The van der Waals surface area contributed by atoms with Crippen molar-refractivity contribution < 1.29 is 14.3 Å². The van der Waals surface area contributed by atoms with Crippen LogP contribution >= 0.6 is 0 Å². The van der Waals surface area contributed by atoms with Crippen LogP contribution in [0, 0.1) is 0 Å². The number of benzene rings is 2. The molecule has 2 amide bonds. The van der Waals surface area contributed by atoms with Crippen molar-refractivity contribution >= 4 is 29.3 Å². The van der Waals surface area contributed by atoms with Crippen molar-refractivity contribution in [3.63, 3.8) is 0 Å². The van der Waals surface area contributed by atoms with Crippen LogP contribution in [-0.4, -0.2) is 18.4 Å². The lowest BCUT2D eigenvalue weighted by Crippen LogP contribution is -2.09. The molecule has 0 aliphatic heterocycles. The molecular formula is C19H20N2O3.